The van der Waals surface area contributed by atoms with Gasteiger partial charge in [0.25, 0.3) is 0 Å². The van der Waals surface area contributed by atoms with Gasteiger partial charge < -0.3 is 16.0 Å². The van der Waals surface area contributed by atoms with Gasteiger partial charge in [0.2, 0.25) is 11.8 Å². The summed E-state index contributed by atoms with van der Waals surface area (Å²) < 4.78 is 1.64. The minimum Gasteiger partial charge on any atom is -0.343 e. The van der Waals surface area contributed by atoms with Crippen LogP contribution in [0.15, 0.2) is 12.4 Å². The highest BCUT2D eigenvalue weighted by Gasteiger charge is 2.34. The van der Waals surface area contributed by atoms with E-state index >= 15 is 0 Å². The number of amides is 2. The van der Waals surface area contributed by atoms with E-state index in [-0.39, 0.29) is 11.8 Å². The molecule has 110 valence electrons. The van der Waals surface area contributed by atoms with Crippen LogP contribution in [0, 0.1) is 0 Å². The molecule has 2 unspecified atom stereocenters. The quantitative estimate of drug-likeness (QED) is 0.778. The van der Waals surface area contributed by atoms with Crippen LogP contribution in [0.1, 0.15) is 26.2 Å². The van der Waals surface area contributed by atoms with E-state index in [1.165, 1.54) is 0 Å². The number of nitrogens with two attached hydrogens (primary N) is 1. The van der Waals surface area contributed by atoms with E-state index in [1.54, 1.807) is 29.0 Å². The fraction of sp³-hybridized carbons (Fsp3) is 0.615. The van der Waals surface area contributed by atoms with E-state index < -0.39 is 12.1 Å². The molecule has 20 heavy (non-hydrogen) atoms. The Bertz CT molecular complexity index is 499. The van der Waals surface area contributed by atoms with Gasteiger partial charge in [-0.3, -0.25) is 14.3 Å². The largest absolute Gasteiger partial charge is 0.343 e. The van der Waals surface area contributed by atoms with Gasteiger partial charge >= 0.3 is 0 Å². The Balaban J connectivity index is 1.96. The van der Waals surface area contributed by atoms with Crippen LogP contribution >= 0.6 is 0 Å². The van der Waals surface area contributed by atoms with Crippen molar-refractivity contribution in [3.63, 3.8) is 0 Å². The summed E-state index contributed by atoms with van der Waals surface area (Å²) in [5.41, 5.74) is 6.51. The maximum Gasteiger partial charge on any atom is 0.249 e. The molecular weight excluding hydrogens is 258 g/mol. The minimum absolute atomic E-state index is 0.102. The Morgan fingerprint density at radius 2 is 2.40 bits per heavy atom. The van der Waals surface area contributed by atoms with Crippen molar-refractivity contribution < 1.29 is 9.59 Å². The molecular formula is C13H21N5O2. The molecule has 0 spiro atoms. The lowest BCUT2D eigenvalue weighted by Crippen LogP contribution is -2.48. The molecule has 0 aromatic carbocycles. The SMILES string of the molecule is CCCC(N)C(=O)NC1CCN(c2cnn(C)c2)C1=O. The monoisotopic (exact) mass is 279 g/mol. The number of nitrogens with one attached hydrogen (secondary N) is 1. The van der Waals surface area contributed by atoms with Gasteiger partial charge in [0, 0.05) is 19.8 Å². The average Bonchev–Trinajstić information content (AvgIpc) is 2.97. The number of aromatic nitrogens is 2. The van der Waals surface area contributed by atoms with Gasteiger partial charge in [-0.2, -0.15) is 5.10 Å². The third-order valence-electron chi connectivity index (χ3n) is 3.46. The molecule has 2 rings (SSSR count). The molecule has 2 atom stereocenters. The molecule has 2 heterocycles. The molecule has 1 aliphatic rings. The van der Waals surface area contributed by atoms with Gasteiger partial charge in [0.15, 0.2) is 0 Å². The van der Waals surface area contributed by atoms with Crippen molar-refractivity contribution in [3.8, 4) is 0 Å². The summed E-state index contributed by atoms with van der Waals surface area (Å²) in [6.45, 7) is 2.55. The minimum atomic E-state index is -0.541. The van der Waals surface area contributed by atoms with E-state index in [1.807, 2.05) is 6.92 Å². The van der Waals surface area contributed by atoms with E-state index in [2.05, 4.69) is 10.4 Å². The van der Waals surface area contributed by atoms with Crippen molar-refractivity contribution in [2.75, 3.05) is 11.4 Å². The molecule has 0 bridgehead atoms. The first kappa shape index (κ1) is 14.5. The van der Waals surface area contributed by atoms with Gasteiger partial charge in [-0.05, 0) is 12.8 Å². The predicted octanol–water partition coefficient (Wildman–Crippen LogP) is -0.231. The average molecular weight is 279 g/mol. The van der Waals surface area contributed by atoms with Crippen LogP contribution in [0.5, 0.6) is 0 Å². The van der Waals surface area contributed by atoms with E-state index in [0.29, 0.717) is 19.4 Å². The van der Waals surface area contributed by atoms with Crippen LogP contribution < -0.4 is 16.0 Å². The Morgan fingerprint density at radius 3 is 3.00 bits per heavy atom. The van der Waals surface area contributed by atoms with Crippen molar-refractivity contribution in [2.45, 2.75) is 38.3 Å². The zero-order valence-corrected chi connectivity index (χ0v) is 11.9. The summed E-state index contributed by atoms with van der Waals surface area (Å²) in [6.07, 6.45) is 5.49. The van der Waals surface area contributed by atoms with E-state index in [9.17, 15) is 9.59 Å². The van der Waals surface area contributed by atoms with Gasteiger partial charge in [0.1, 0.15) is 6.04 Å². The normalized spacial score (nSPS) is 20.2. The van der Waals surface area contributed by atoms with E-state index in [4.69, 9.17) is 5.73 Å². The summed E-state index contributed by atoms with van der Waals surface area (Å²) in [6, 6.07) is -1.02. The first-order valence-electron chi connectivity index (χ1n) is 6.89. The Hall–Kier alpha value is -1.89. The fourth-order valence-electron chi connectivity index (χ4n) is 2.34. The Morgan fingerprint density at radius 1 is 1.65 bits per heavy atom. The molecule has 0 aliphatic carbocycles. The van der Waals surface area contributed by atoms with Crippen LogP contribution in [0.2, 0.25) is 0 Å². The van der Waals surface area contributed by atoms with Gasteiger partial charge in [-0.25, -0.2) is 0 Å². The van der Waals surface area contributed by atoms with Crippen molar-refractivity contribution in [2.24, 2.45) is 12.8 Å². The van der Waals surface area contributed by atoms with Gasteiger partial charge in [-0.1, -0.05) is 13.3 Å². The third-order valence-corrected chi connectivity index (χ3v) is 3.46. The zero-order chi connectivity index (χ0) is 14.7. The molecule has 1 saturated heterocycles. The van der Waals surface area contributed by atoms with Crippen molar-refractivity contribution >= 4 is 17.5 Å². The zero-order valence-electron chi connectivity index (χ0n) is 11.9. The van der Waals surface area contributed by atoms with E-state index in [0.717, 1.165) is 12.1 Å². The lowest BCUT2D eigenvalue weighted by atomic mass is 10.1. The highest BCUT2D eigenvalue weighted by molar-refractivity contribution is 6.01. The number of hydrogen-bond donors (Lipinski definition) is 2. The smallest absolute Gasteiger partial charge is 0.249 e. The number of aryl methyl sites for hydroxylation is 1. The topological polar surface area (TPSA) is 93.2 Å². The van der Waals surface area contributed by atoms with Gasteiger partial charge in [-0.15, -0.1) is 0 Å². The number of carbonyl (C=O) groups excluding carboxylic acids is 2. The van der Waals surface area contributed by atoms with Crippen molar-refractivity contribution in [1.82, 2.24) is 15.1 Å². The fourth-order valence-corrected chi connectivity index (χ4v) is 2.34. The second-order valence-corrected chi connectivity index (χ2v) is 5.11. The number of nitrogens with zero attached hydrogens (tertiary/aromatic N) is 3. The first-order valence-corrected chi connectivity index (χ1v) is 6.89. The lowest BCUT2D eigenvalue weighted by molar-refractivity contribution is -0.127. The highest BCUT2D eigenvalue weighted by atomic mass is 16.2. The summed E-state index contributed by atoms with van der Waals surface area (Å²) in [5.74, 6) is -0.353. The first-order chi connectivity index (χ1) is 9.52. The number of carbonyl (C=O) groups is 2. The molecule has 3 N–H and O–H groups in total. The lowest BCUT2D eigenvalue weighted by Gasteiger charge is -2.17. The highest BCUT2D eigenvalue weighted by Crippen LogP contribution is 2.20. The molecule has 1 aromatic heterocycles. The predicted molar refractivity (Wildman–Crippen MR) is 75.0 cm³/mol. The third kappa shape index (κ3) is 2.98. The second-order valence-electron chi connectivity index (χ2n) is 5.11. The van der Waals surface area contributed by atoms with Crippen LogP contribution in [0.3, 0.4) is 0 Å². The molecule has 7 heteroatoms. The van der Waals surface area contributed by atoms with Crippen LogP contribution in [0.25, 0.3) is 0 Å². The Kier molecular flexibility index (Phi) is 4.39. The van der Waals surface area contributed by atoms with Crippen molar-refractivity contribution in [1.29, 1.82) is 0 Å². The maximum atomic E-state index is 12.3. The van der Waals surface area contributed by atoms with Crippen LogP contribution in [0.4, 0.5) is 5.69 Å². The van der Waals surface area contributed by atoms with Crippen LogP contribution in [-0.2, 0) is 16.6 Å². The molecule has 1 aromatic rings. The number of rotatable bonds is 5. The van der Waals surface area contributed by atoms with Gasteiger partial charge in [0.05, 0.1) is 17.9 Å². The summed E-state index contributed by atoms with van der Waals surface area (Å²) in [7, 11) is 1.80. The maximum absolute atomic E-state index is 12.3. The molecule has 1 fully saturated rings. The number of hydrogen-bond acceptors (Lipinski definition) is 4. The van der Waals surface area contributed by atoms with Crippen LogP contribution in [-0.4, -0.2) is 40.2 Å². The molecule has 7 nitrogen and oxygen atoms in total. The summed E-state index contributed by atoms with van der Waals surface area (Å²) in [4.78, 5) is 25.8. The molecule has 2 amide bonds. The second kappa shape index (κ2) is 6.04. The summed E-state index contributed by atoms with van der Waals surface area (Å²) >= 11 is 0. The summed E-state index contributed by atoms with van der Waals surface area (Å²) in [5, 5.41) is 6.79. The standard InChI is InChI=1S/C13H21N5O2/c1-3-4-10(14)12(19)16-11-5-6-18(13(11)20)9-7-15-17(2)8-9/h7-8,10-11H,3-6,14H2,1-2H3,(H,16,19). The Labute approximate surface area is 118 Å². The molecule has 1 aliphatic heterocycles. The number of anilines is 1. The van der Waals surface area contributed by atoms with Crippen molar-refractivity contribution in [3.05, 3.63) is 12.4 Å². The molecule has 0 saturated carbocycles. The molecule has 0 radical (unpaired) electrons.